The normalized spacial score (nSPS) is 12.5. The first-order chi connectivity index (χ1) is 16.0. The van der Waals surface area contributed by atoms with Gasteiger partial charge in [0.1, 0.15) is 12.0 Å². The Morgan fingerprint density at radius 3 is 2.79 bits per heavy atom. The molecule has 1 N–H and O–H groups in total. The van der Waals surface area contributed by atoms with Gasteiger partial charge in [-0.3, -0.25) is 19.9 Å². The summed E-state index contributed by atoms with van der Waals surface area (Å²) < 4.78 is 10.6. The molecule has 9 nitrogen and oxygen atoms in total. The van der Waals surface area contributed by atoms with Gasteiger partial charge >= 0.3 is 5.91 Å². The van der Waals surface area contributed by atoms with Gasteiger partial charge in [0.15, 0.2) is 5.13 Å². The summed E-state index contributed by atoms with van der Waals surface area (Å²) in [5.41, 5.74) is 3.49. The number of hydrogen-bond donors (Lipinski definition) is 1. The molecular formula is C23H19N5O4S. The largest absolute Gasteiger partial charge is 0.496 e. The molecule has 4 heterocycles. The van der Waals surface area contributed by atoms with E-state index in [-0.39, 0.29) is 17.7 Å². The number of benzene rings is 1. The minimum absolute atomic E-state index is 0.0504. The van der Waals surface area contributed by atoms with Crippen molar-refractivity contribution in [3.63, 3.8) is 0 Å². The molecule has 0 saturated heterocycles. The highest BCUT2D eigenvalue weighted by Crippen LogP contribution is 2.34. The second kappa shape index (κ2) is 8.47. The topological polar surface area (TPSA) is 110 Å². The molecule has 0 saturated carbocycles. The number of aromatic nitrogens is 3. The molecule has 0 fully saturated rings. The van der Waals surface area contributed by atoms with Crippen molar-refractivity contribution in [2.45, 2.75) is 20.0 Å². The monoisotopic (exact) mass is 461 g/mol. The number of hydrogen-bond acceptors (Lipinski definition) is 8. The molecule has 0 atom stereocenters. The van der Waals surface area contributed by atoms with Crippen molar-refractivity contribution in [2.24, 2.45) is 0 Å². The fourth-order valence-electron chi connectivity index (χ4n) is 3.70. The van der Waals surface area contributed by atoms with Crippen molar-refractivity contribution >= 4 is 28.3 Å². The van der Waals surface area contributed by atoms with Gasteiger partial charge in [0, 0.05) is 23.0 Å². The molecule has 0 spiro atoms. The molecule has 3 aromatic heterocycles. The van der Waals surface area contributed by atoms with Crippen LogP contribution in [0, 0.1) is 6.92 Å². The summed E-state index contributed by atoms with van der Waals surface area (Å²) in [6, 6.07) is 9.39. The van der Waals surface area contributed by atoms with E-state index >= 15 is 0 Å². The van der Waals surface area contributed by atoms with E-state index < -0.39 is 0 Å². The Kier molecular flexibility index (Phi) is 5.35. The fraction of sp³-hybridized carbons (Fsp3) is 0.174. The average Bonchev–Trinajstić information content (AvgIpc) is 3.55. The van der Waals surface area contributed by atoms with Gasteiger partial charge in [0.25, 0.3) is 11.8 Å². The number of thiazole rings is 1. The maximum absolute atomic E-state index is 13.2. The van der Waals surface area contributed by atoms with Crippen LogP contribution >= 0.6 is 11.3 Å². The van der Waals surface area contributed by atoms with Crippen molar-refractivity contribution in [3.05, 3.63) is 76.7 Å². The third-order valence-corrected chi connectivity index (χ3v) is 6.26. The van der Waals surface area contributed by atoms with Gasteiger partial charge in [-0.05, 0) is 19.1 Å². The second-order valence-corrected chi connectivity index (χ2v) is 8.50. The number of carbonyl (C=O) groups excluding carboxylic acids is 2. The molecular weight excluding hydrogens is 442 g/mol. The first kappa shape index (κ1) is 20.8. The standard InChI is InChI=1S/C23H19N5O4S/c1-13-9-15(14-5-3-4-6-18(14)31-2)16(10-25-13)20(29)27-23-26-17-11-28(12-19(17)33-23)22(30)21-24-7-8-32-21/h3-10H,11-12H2,1-2H3,(H,26,27,29). The van der Waals surface area contributed by atoms with E-state index in [0.29, 0.717) is 29.5 Å². The predicted molar refractivity (Wildman–Crippen MR) is 121 cm³/mol. The van der Waals surface area contributed by atoms with Crippen LogP contribution < -0.4 is 10.1 Å². The van der Waals surface area contributed by atoms with Crippen LogP contribution in [0.15, 0.2) is 53.4 Å². The Labute approximate surface area is 193 Å². The lowest BCUT2D eigenvalue weighted by Gasteiger charge is -2.14. The third-order valence-electron chi connectivity index (χ3n) is 5.26. The SMILES string of the molecule is COc1ccccc1-c1cc(C)ncc1C(=O)Nc1nc2c(s1)CN(C(=O)c1ncco1)C2. The number of amides is 2. The van der Waals surface area contributed by atoms with E-state index in [0.717, 1.165) is 27.4 Å². The van der Waals surface area contributed by atoms with Gasteiger partial charge in [-0.1, -0.05) is 29.5 Å². The van der Waals surface area contributed by atoms with Crippen LogP contribution in [-0.4, -0.2) is 38.8 Å². The Morgan fingerprint density at radius 1 is 1.18 bits per heavy atom. The summed E-state index contributed by atoms with van der Waals surface area (Å²) >= 11 is 1.34. The third kappa shape index (κ3) is 3.96. The van der Waals surface area contributed by atoms with Crippen molar-refractivity contribution < 1.29 is 18.7 Å². The summed E-state index contributed by atoms with van der Waals surface area (Å²) in [6.45, 7) is 2.60. The van der Waals surface area contributed by atoms with Crippen LogP contribution in [0.2, 0.25) is 0 Å². The minimum Gasteiger partial charge on any atom is -0.496 e. The van der Waals surface area contributed by atoms with E-state index in [4.69, 9.17) is 9.15 Å². The van der Waals surface area contributed by atoms with Gasteiger partial charge in [0.2, 0.25) is 0 Å². The highest BCUT2D eigenvalue weighted by Gasteiger charge is 2.30. The number of ether oxygens (including phenoxy) is 1. The first-order valence-corrected chi connectivity index (χ1v) is 10.9. The van der Waals surface area contributed by atoms with Crippen LogP contribution in [0.4, 0.5) is 5.13 Å². The summed E-state index contributed by atoms with van der Waals surface area (Å²) in [5.74, 6) is 0.113. The zero-order valence-corrected chi connectivity index (χ0v) is 18.7. The number of para-hydroxylation sites is 1. The smallest absolute Gasteiger partial charge is 0.310 e. The Morgan fingerprint density at radius 2 is 2.03 bits per heavy atom. The molecule has 4 aromatic rings. The molecule has 5 rings (SSSR count). The van der Waals surface area contributed by atoms with Gasteiger partial charge in [-0.15, -0.1) is 0 Å². The van der Waals surface area contributed by atoms with Crippen molar-refractivity contribution in [1.29, 1.82) is 0 Å². The molecule has 1 aromatic carbocycles. The summed E-state index contributed by atoms with van der Waals surface area (Å²) in [4.78, 5) is 40.9. The first-order valence-electron chi connectivity index (χ1n) is 10.1. The summed E-state index contributed by atoms with van der Waals surface area (Å²) in [6.07, 6.45) is 4.36. The van der Waals surface area contributed by atoms with Crippen LogP contribution in [0.25, 0.3) is 11.1 Å². The van der Waals surface area contributed by atoms with Gasteiger partial charge in [-0.25, -0.2) is 9.97 Å². The number of aryl methyl sites for hydroxylation is 1. The summed E-state index contributed by atoms with van der Waals surface area (Å²) in [5, 5.41) is 3.35. The molecule has 1 aliphatic heterocycles. The lowest BCUT2D eigenvalue weighted by molar-refractivity contribution is 0.0710. The Balaban J connectivity index is 1.36. The van der Waals surface area contributed by atoms with Gasteiger partial charge < -0.3 is 14.1 Å². The van der Waals surface area contributed by atoms with E-state index in [9.17, 15) is 9.59 Å². The van der Waals surface area contributed by atoms with Gasteiger partial charge in [-0.2, -0.15) is 0 Å². The summed E-state index contributed by atoms with van der Waals surface area (Å²) in [7, 11) is 1.60. The molecule has 2 amide bonds. The number of carbonyl (C=O) groups is 2. The number of pyridine rings is 1. The Bertz CT molecular complexity index is 1330. The zero-order chi connectivity index (χ0) is 22.9. The predicted octanol–water partition coefficient (Wildman–Crippen LogP) is 3.92. The highest BCUT2D eigenvalue weighted by molar-refractivity contribution is 7.16. The molecule has 1 aliphatic rings. The number of fused-ring (bicyclic) bond motifs is 1. The number of nitrogens with one attached hydrogen (secondary N) is 1. The number of nitrogens with zero attached hydrogens (tertiary/aromatic N) is 4. The van der Waals surface area contributed by atoms with Gasteiger partial charge in [0.05, 0.1) is 42.5 Å². The second-order valence-electron chi connectivity index (χ2n) is 7.41. The number of anilines is 1. The molecule has 33 heavy (non-hydrogen) atoms. The van der Waals surface area contributed by atoms with E-state index in [1.807, 2.05) is 37.3 Å². The minimum atomic E-state index is -0.316. The molecule has 0 aliphatic carbocycles. The molecule has 10 heteroatoms. The molecule has 0 radical (unpaired) electrons. The lowest BCUT2D eigenvalue weighted by Crippen LogP contribution is -2.25. The van der Waals surface area contributed by atoms with E-state index in [2.05, 4.69) is 20.3 Å². The van der Waals surface area contributed by atoms with Crippen molar-refractivity contribution in [1.82, 2.24) is 19.9 Å². The Hall–Kier alpha value is -4.05. The quantitative estimate of drug-likeness (QED) is 0.480. The average molecular weight is 462 g/mol. The highest BCUT2D eigenvalue weighted by atomic mass is 32.1. The van der Waals surface area contributed by atoms with Crippen LogP contribution in [0.3, 0.4) is 0 Å². The zero-order valence-electron chi connectivity index (χ0n) is 17.9. The van der Waals surface area contributed by atoms with Crippen LogP contribution in [0.5, 0.6) is 5.75 Å². The maximum atomic E-state index is 13.2. The molecule has 0 bridgehead atoms. The molecule has 0 unspecified atom stereocenters. The lowest BCUT2D eigenvalue weighted by atomic mass is 9.99. The van der Waals surface area contributed by atoms with E-state index in [1.54, 1.807) is 18.2 Å². The van der Waals surface area contributed by atoms with Crippen molar-refractivity contribution in [2.75, 3.05) is 12.4 Å². The van der Waals surface area contributed by atoms with Crippen LogP contribution in [0.1, 0.15) is 37.3 Å². The van der Waals surface area contributed by atoms with Crippen molar-refractivity contribution in [3.8, 4) is 16.9 Å². The van der Waals surface area contributed by atoms with Crippen LogP contribution in [-0.2, 0) is 13.1 Å². The number of methoxy groups -OCH3 is 1. The molecule has 166 valence electrons. The number of rotatable bonds is 5. The fourth-order valence-corrected chi connectivity index (χ4v) is 4.68. The number of oxazole rings is 1. The van der Waals surface area contributed by atoms with E-state index in [1.165, 1.54) is 23.8 Å². The maximum Gasteiger partial charge on any atom is 0.310 e.